The van der Waals surface area contributed by atoms with E-state index in [9.17, 15) is 9.59 Å². The number of nitrogens with zero attached hydrogens (tertiary/aromatic N) is 1. The summed E-state index contributed by atoms with van der Waals surface area (Å²) in [6, 6.07) is 1.16. The fourth-order valence-electron chi connectivity index (χ4n) is 2.92. The minimum Gasteiger partial charge on any atom is -0.482 e. The molecule has 8 nitrogen and oxygen atoms in total. The third kappa shape index (κ3) is 3.72. The topological polar surface area (TPSA) is 117 Å². The number of hydrogen-bond acceptors (Lipinski definition) is 6. The normalized spacial score (nSPS) is 32.5. The second-order valence-corrected chi connectivity index (χ2v) is 5.10. The molecular weight excluding hydrogens is 280 g/mol. The number of nitrogens with one attached hydrogen (secondary N) is 1. The van der Waals surface area contributed by atoms with Crippen LogP contribution in [0, 0.1) is 5.92 Å². The van der Waals surface area contributed by atoms with Crippen molar-refractivity contribution in [1.82, 2.24) is 5.32 Å². The molecular formula is C13H18N2O6. The number of carbonyl (C=O) groups is 2. The lowest BCUT2D eigenvalue weighted by Crippen LogP contribution is -2.49. The number of aliphatic carboxylic acids is 2. The van der Waals surface area contributed by atoms with E-state index in [2.05, 4.69) is 10.5 Å². The van der Waals surface area contributed by atoms with E-state index in [0.29, 0.717) is 30.2 Å². The van der Waals surface area contributed by atoms with Gasteiger partial charge in [0, 0.05) is 24.2 Å². The number of ether oxygens (including phenoxy) is 1. The molecule has 4 atom stereocenters. The van der Waals surface area contributed by atoms with Crippen LogP contribution in [0.3, 0.4) is 0 Å². The van der Waals surface area contributed by atoms with E-state index in [1.807, 2.05) is 0 Å². The largest absolute Gasteiger partial charge is 0.482 e. The Morgan fingerprint density at radius 2 is 2.00 bits per heavy atom. The molecule has 0 radical (unpaired) electrons. The fourth-order valence-corrected chi connectivity index (χ4v) is 2.92. The van der Waals surface area contributed by atoms with E-state index >= 15 is 0 Å². The zero-order chi connectivity index (χ0) is 15.4. The van der Waals surface area contributed by atoms with Gasteiger partial charge in [-0.2, -0.15) is 0 Å². The summed E-state index contributed by atoms with van der Waals surface area (Å²) < 4.78 is 5.20. The first kappa shape index (κ1) is 15.3. The first-order chi connectivity index (χ1) is 10.0. The predicted molar refractivity (Wildman–Crippen MR) is 71.8 cm³/mol. The monoisotopic (exact) mass is 298 g/mol. The molecule has 2 bridgehead atoms. The highest BCUT2D eigenvalue weighted by Gasteiger charge is 2.49. The van der Waals surface area contributed by atoms with Gasteiger partial charge in [-0.3, -0.25) is 0 Å². The first-order valence-electron chi connectivity index (χ1n) is 6.69. The van der Waals surface area contributed by atoms with Gasteiger partial charge in [0.25, 0.3) is 0 Å². The Morgan fingerprint density at radius 1 is 1.33 bits per heavy atom. The first-order valence-corrected chi connectivity index (χ1v) is 6.69. The molecule has 3 rings (SSSR count). The third-order valence-electron chi connectivity index (χ3n) is 3.77. The number of carboxylic acid groups (broad SMARTS) is 2. The molecule has 3 N–H and O–H groups in total. The lowest BCUT2D eigenvalue weighted by atomic mass is 9.90. The second-order valence-electron chi connectivity index (χ2n) is 5.10. The van der Waals surface area contributed by atoms with Gasteiger partial charge in [-0.1, -0.05) is 5.16 Å². The lowest BCUT2D eigenvalue weighted by molar-refractivity contribution is -0.134. The van der Waals surface area contributed by atoms with Gasteiger partial charge in [0.15, 0.2) is 6.10 Å². The summed E-state index contributed by atoms with van der Waals surface area (Å²) in [5.74, 6) is -1.31. The molecule has 0 aromatic carbocycles. The summed E-state index contributed by atoms with van der Waals surface area (Å²) in [7, 11) is 1.68. The Morgan fingerprint density at radius 3 is 2.57 bits per heavy atom. The summed E-state index contributed by atoms with van der Waals surface area (Å²) in [6.07, 6.45) is 4.96. The van der Waals surface area contributed by atoms with Gasteiger partial charge in [-0.05, 0) is 19.3 Å². The molecule has 4 unspecified atom stereocenters. The minimum absolute atomic E-state index is 0.230. The predicted octanol–water partition coefficient (Wildman–Crippen LogP) is 0.197. The van der Waals surface area contributed by atoms with Gasteiger partial charge in [0.2, 0.25) is 5.90 Å². The maximum Gasteiger partial charge on any atom is 0.328 e. The van der Waals surface area contributed by atoms with E-state index in [-0.39, 0.29) is 6.10 Å². The highest BCUT2D eigenvalue weighted by Crippen LogP contribution is 2.37. The van der Waals surface area contributed by atoms with E-state index < -0.39 is 11.9 Å². The zero-order valence-electron chi connectivity index (χ0n) is 11.6. The Balaban J connectivity index is 0.000000177. The molecule has 3 heterocycles. The molecule has 21 heavy (non-hydrogen) atoms. The van der Waals surface area contributed by atoms with Crippen molar-refractivity contribution in [2.75, 3.05) is 7.11 Å². The fraction of sp³-hybridized carbons (Fsp3) is 0.615. The van der Waals surface area contributed by atoms with Crippen molar-refractivity contribution in [1.29, 1.82) is 0 Å². The van der Waals surface area contributed by atoms with Crippen LogP contribution in [-0.4, -0.2) is 53.3 Å². The number of rotatable bonds is 2. The third-order valence-corrected chi connectivity index (χ3v) is 3.77. The Bertz CT molecular complexity index is 459. The van der Waals surface area contributed by atoms with E-state index in [0.717, 1.165) is 12.3 Å². The van der Waals surface area contributed by atoms with E-state index in [1.165, 1.54) is 12.8 Å². The molecule has 2 fully saturated rings. The molecule has 0 aromatic heterocycles. The van der Waals surface area contributed by atoms with Crippen LogP contribution in [0.2, 0.25) is 0 Å². The Hall–Kier alpha value is -2.09. The second kappa shape index (κ2) is 6.57. The standard InChI is InChI=1S/C9H14N2O2.C4H4O4/c1-12-9-6-4-5-2-3-7(10-5)8(6)13-11-9;5-3(6)1-2-4(7)8/h5-8,10H,2-4H2,1H3;1-2H,(H,5,6)(H,7,8)/b;2-1+. The molecule has 116 valence electrons. The van der Waals surface area contributed by atoms with Crippen LogP contribution in [0.15, 0.2) is 17.3 Å². The summed E-state index contributed by atoms with van der Waals surface area (Å²) in [6.45, 7) is 0. The average molecular weight is 298 g/mol. The highest BCUT2D eigenvalue weighted by molar-refractivity contribution is 5.89. The van der Waals surface area contributed by atoms with Gasteiger partial charge < -0.3 is 25.1 Å². The zero-order valence-corrected chi connectivity index (χ0v) is 11.6. The van der Waals surface area contributed by atoms with Crippen LogP contribution in [0.25, 0.3) is 0 Å². The van der Waals surface area contributed by atoms with E-state index in [4.69, 9.17) is 19.8 Å². The number of piperidine rings is 1. The summed E-state index contributed by atoms with van der Waals surface area (Å²) >= 11 is 0. The van der Waals surface area contributed by atoms with E-state index in [1.54, 1.807) is 7.11 Å². The smallest absolute Gasteiger partial charge is 0.328 e. The Kier molecular flexibility index (Phi) is 4.79. The van der Waals surface area contributed by atoms with Crippen molar-refractivity contribution in [2.24, 2.45) is 11.1 Å². The molecule has 0 saturated carbocycles. The maximum absolute atomic E-state index is 9.55. The van der Waals surface area contributed by atoms with Gasteiger partial charge in [-0.15, -0.1) is 0 Å². The number of hydrogen-bond donors (Lipinski definition) is 3. The quantitative estimate of drug-likeness (QED) is 0.623. The van der Waals surface area contributed by atoms with Gasteiger partial charge >= 0.3 is 11.9 Å². The molecule has 0 amide bonds. The molecule has 0 spiro atoms. The lowest BCUT2D eigenvalue weighted by Gasteiger charge is -2.30. The molecule has 3 aliphatic rings. The minimum atomic E-state index is -1.26. The SMILES string of the molecule is COC1=NOC2C3CCC(CC12)N3.O=C(O)/C=C/C(=O)O. The van der Waals surface area contributed by atoms with Crippen LogP contribution in [0.5, 0.6) is 0 Å². The summed E-state index contributed by atoms with van der Waals surface area (Å²) in [4.78, 5) is 24.5. The van der Waals surface area contributed by atoms with Crippen molar-refractivity contribution in [3.05, 3.63) is 12.2 Å². The van der Waals surface area contributed by atoms with Crippen molar-refractivity contribution in [2.45, 2.75) is 37.5 Å². The van der Waals surface area contributed by atoms with Crippen LogP contribution in [0.1, 0.15) is 19.3 Å². The van der Waals surface area contributed by atoms with Crippen LogP contribution >= 0.6 is 0 Å². The molecule has 3 aliphatic heterocycles. The number of oxime groups is 1. The Labute approximate surface area is 121 Å². The summed E-state index contributed by atoms with van der Waals surface area (Å²) in [5, 5.41) is 23.1. The van der Waals surface area contributed by atoms with Crippen molar-refractivity contribution in [3.63, 3.8) is 0 Å². The van der Waals surface area contributed by atoms with Gasteiger partial charge in [0.05, 0.1) is 13.0 Å². The highest BCUT2D eigenvalue weighted by atomic mass is 16.7. The number of methoxy groups -OCH3 is 1. The molecule has 8 heteroatoms. The van der Waals surface area contributed by atoms with Crippen LogP contribution in [0.4, 0.5) is 0 Å². The summed E-state index contributed by atoms with van der Waals surface area (Å²) in [5.41, 5.74) is 0. The number of carboxylic acids is 2. The van der Waals surface area contributed by atoms with Crippen LogP contribution in [-0.2, 0) is 19.2 Å². The van der Waals surface area contributed by atoms with Crippen molar-refractivity contribution in [3.8, 4) is 0 Å². The average Bonchev–Trinajstić information content (AvgIpc) is 3.03. The van der Waals surface area contributed by atoms with Gasteiger partial charge in [-0.25, -0.2) is 9.59 Å². The van der Waals surface area contributed by atoms with Crippen molar-refractivity contribution >= 4 is 17.8 Å². The van der Waals surface area contributed by atoms with Crippen molar-refractivity contribution < 1.29 is 29.4 Å². The molecule has 2 saturated heterocycles. The molecule has 0 aliphatic carbocycles. The van der Waals surface area contributed by atoms with Crippen LogP contribution < -0.4 is 5.32 Å². The van der Waals surface area contributed by atoms with Gasteiger partial charge in [0.1, 0.15) is 0 Å². The maximum atomic E-state index is 9.55. The number of fused-ring (bicyclic) bond motifs is 4. The molecule has 0 aromatic rings.